The Morgan fingerprint density at radius 1 is 1.20 bits per heavy atom. The van der Waals surface area contributed by atoms with Crippen molar-refractivity contribution in [3.05, 3.63) is 71.4 Å². The molecule has 3 rings (SSSR count). The Balaban J connectivity index is 1.92. The summed E-state index contributed by atoms with van der Waals surface area (Å²) in [5.41, 5.74) is 3.28. The quantitative estimate of drug-likeness (QED) is 0.742. The molecule has 1 N–H and O–H groups in total. The van der Waals surface area contributed by atoms with E-state index in [9.17, 15) is 4.79 Å². The lowest BCUT2D eigenvalue weighted by Crippen LogP contribution is -2.24. The molecule has 0 aliphatic rings. The highest BCUT2D eigenvalue weighted by Crippen LogP contribution is 2.21. The number of benzene rings is 1. The van der Waals surface area contributed by atoms with Gasteiger partial charge >= 0.3 is 0 Å². The van der Waals surface area contributed by atoms with Gasteiger partial charge in [0, 0.05) is 0 Å². The van der Waals surface area contributed by atoms with Gasteiger partial charge < -0.3 is 9.73 Å². The van der Waals surface area contributed by atoms with Crippen LogP contribution in [0.4, 0.5) is 0 Å². The molecule has 130 valence electrons. The third-order valence-electron chi connectivity index (χ3n) is 4.02. The molecule has 1 aromatic carbocycles. The summed E-state index contributed by atoms with van der Waals surface area (Å²) in [5.74, 6) is 1.02. The maximum absolute atomic E-state index is 12.8. The van der Waals surface area contributed by atoms with Crippen molar-refractivity contribution in [2.75, 3.05) is 0 Å². The molecule has 5 heteroatoms. The standard InChI is InChI=1S/C20H23N3O2/c1-14(2)12-18-19(20(24)21-13-17-10-7-11-25-17)15(3)23(22-18)16-8-5-4-6-9-16/h4-11,14H,12-13H2,1-3H3,(H,21,24). The van der Waals surface area contributed by atoms with E-state index in [1.807, 2.05) is 54.1 Å². The van der Waals surface area contributed by atoms with Gasteiger partial charge in [-0.05, 0) is 43.5 Å². The first-order chi connectivity index (χ1) is 12.1. The molecule has 0 bridgehead atoms. The highest BCUT2D eigenvalue weighted by atomic mass is 16.3. The molecular weight excluding hydrogens is 314 g/mol. The van der Waals surface area contributed by atoms with Crippen LogP contribution in [0.2, 0.25) is 0 Å². The molecule has 1 amide bonds. The van der Waals surface area contributed by atoms with E-state index in [2.05, 4.69) is 19.2 Å². The van der Waals surface area contributed by atoms with E-state index < -0.39 is 0 Å². The predicted octanol–water partition coefficient (Wildman–Crippen LogP) is 3.90. The average Bonchev–Trinajstić information content (AvgIpc) is 3.21. The molecule has 0 atom stereocenters. The molecule has 25 heavy (non-hydrogen) atoms. The van der Waals surface area contributed by atoms with Crippen molar-refractivity contribution in [2.24, 2.45) is 5.92 Å². The number of carbonyl (C=O) groups is 1. The summed E-state index contributed by atoms with van der Waals surface area (Å²) in [6.45, 7) is 6.55. The second kappa shape index (κ2) is 7.38. The minimum atomic E-state index is -0.119. The highest BCUT2D eigenvalue weighted by Gasteiger charge is 2.22. The van der Waals surface area contributed by atoms with Gasteiger partial charge in [-0.1, -0.05) is 32.0 Å². The maximum Gasteiger partial charge on any atom is 0.255 e. The monoisotopic (exact) mass is 337 g/mol. The molecule has 0 spiro atoms. The van der Waals surface area contributed by atoms with Crippen molar-refractivity contribution < 1.29 is 9.21 Å². The molecule has 5 nitrogen and oxygen atoms in total. The third kappa shape index (κ3) is 3.82. The number of hydrogen-bond acceptors (Lipinski definition) is 3. The fraction of sp³-hybridized carbons (Fsp3) is 0.300. The van der Waals surface area contributed by atoms with Crippen LogP contribution in [-0.4, -0.2) is 15.7 Å². The number of furan rings is 1. The van der Waals surface area contributed by atoms with Crippen LogP contribution in [0.5, 0.6) is 0 Å². The summed E-state index contributed by atoms with van der Waals surface area (Å²) in [5, 5.41) is 7.65. The van der Waals surface area contributed by atoms with Crippen LogP contribution in [-0.2, 0) is 13.0 Å². The molecular formula is C20H23N3O2. The highest BCUT2D eigenvalue weighted by molar-refractivity contribution is 5.96. The smallest absolute Gasteiger partial charge is 0.255 e. The number of hydrogen-bond donors (Lipinski definition) is 1. The van der Waals surface area contributed by atoms with Crippen molar-refractivity contribution in [2.45, 2.75) is 33.7 Å². The van der Waals surface area contributed by atoms with Crippen molar-refractivity contribution in [3.8, 4) is 5.69 Å². The summed E-state index contributed by atoms with van der Waals surface area (Å²) in [4.78, 5) is 12.8. The van der Waals surface area contributed by atoms with E-state index in [1.54, 1.807) is 6.26 Å². The van der Waals surface area contributed by atoms with E-state index in [-0.39, 0.29) is 5.91 Å². The molecule has 3 aromatic rings. The Bertz CT molecular complexity index is 833. The first kappa shape index (κ1) is 17.0. The van der Waals surface area contributed by atoms with Crippen LogP contribution < -0.4 is 5.32 Å². The summed E-state index contributed by atoms with van der Waals surface area (Å²) in [6.07, 6.45) is 2.36. The van der Waals surface area contributed by atoms with Gasteiger partial charge in [0.2, 0.25) is 0 Å². The van der Waals surface area contributed by atoms with E-state index in [1.165, 1.54) is 0 Å². The summed E-state index contributed by atoms with van der Waals surface area (Å²) >= 11 is 0. The van der Waals surface area contributed by atoms with Crippen molar-refractivity contribution in [3.63, 3.8) is 0 Å². The zero-order valence-electron chi connectivity index (χ0n) is 14.8. The Hall–Kier alpha value is -2.82. The Labute approximate surface area is 147 Å². The molecule has 0 radical (unpaired) electrons. The minimum absolute atomic E-state index is 0.119. The number of para-hydroxylation sites is 1. The van der Waals surface area contributed by atoms with Crippen molar-refractivity contribution in [1.29, 1.82) is 0 Å². The number of amides is 1. The van der Waals surface area contributed by atoms with Crippen molar-refractivity contribution >= 4 is 5.91 Å². The largest absolute Gasteiger partial charge is 0.467 e. The molecule has 0 unspecified atom stereocenters. The van der Waals surface area contributed by atoms with Crippen LogP contribution in [0.15, 0.2) is 53.1 Å². The number of aromatic nitrogens is 2. The van der Waals surface area contributed by atoms with Crippen LogP contribution in [0.1, 0.15) is 41.4 Å². The number of nitrogens with one attached hydrogen (secondary N) is 1. The Morgan fingerprint density at radius 3 is 2.60 bits per heavy atom. The van der Waals surface area contributed by atoms with Gasteiger partial charge in [0.1, 0.15) is 5.76 Å². The molecule has 0 aliphatic heterocycles. The predicted molar refractivity (Wildman–Crippen MR) is 96.7 cm³/mol. The summed E-state index contributed by atoms with van der Waals surface area (Å²) in [6, 6.07) is 13.5. The second-order valence-corrected chi connectivity index (χ2v) is 6.51. The molecule has 0 saturated carbocycles. The Morgan fingerprint density at radius 2 is 1.96 bits per heavy atom. The number of carbonyl (C=O) groups excluding carboxylic acids is 1. The molecule has 0 aliphatic carbocycles. The third-order valence-corrected chi connectivity index (χ3v) is 4.02. The summed E-state index contributed by atoms with van der Waals surface area (Å²) < 4.78 is 7.13. The molecule has 2 heterocycles. The molecule has 0 fully saturated rings. The zero-order chi connectivity index (χ0) is 17.8. The topological polar surface area (TPSA) is 60.1 Å². The SMILES string of the molecule is Cc1c(C(=O)NCc2ccco2)c(CC(C)C)nn1-c1ccccc1. The Kier molecular flexibility index (Phi) is 5.03. The van der Waals surface area contributed by atoms with Gasteiger partial charge in [-0.15, -0.1) is 0 Å². The minimum Gasteiger partial charge on any atom is -0.467 e. The first-order valence-electron chi connectivity index (χ1n) is 8.50. The number of rotatable bonds is 6. The fourth-order valence-corrected chi connectivity index (χ4v) is 2.87. The zero-order valence-corrected chi connectivity index (χ0v) is 14.8. The summed E-state index contributed by atoms with van der Waals surface area (Å²) in [7, 11) is 0. The van der Waals surface area contributed by atoms with Crippen LogP contribution in [0.3, 0.4) is 0 Å². The van der Waals surface area contributed by atoms with Gasteiger partial charge in [-0.3, -0.25) is 4.79 Å². The first-order valence-corrected chi connectivity index (χ1v) is 8.50. The van der Waals surface area contributed by atoms with Crippen LogP contribution in [0, 0.1) is 12.8 Å². The van der Waals surface area contributed by atoms with Gasteiger partial charge in [-0.2, -0.15) is 5.10 Å². The average molecular weight is 337 g/mol. The number of nitrogens with zero attached hydrogens (tertiary/aromatic N) is 2. The van der Waals surface area contributed by atoms with E-state index in [0.29, 0.717) is 18.0 Å². The van der Waals surface area contributed by atoms with Gasteiger partial charge in [0.15, 0.2) is 0 Å². The lowest BCUT2D eigenvalue weighted by molar-refractivity contribution is 0.0946. The molecule has 2 aromatic heterocycles. The molecule has 0 saturated heterocycles. The lowest BCUT2D eigenvalue weighted by atomic mass is 10.0. The lowest BCUT2D eigenvalue weighted by Gasteiger charge is -2.07. The van der Waals surface area contributed by atoms with Gasteiger partial charge in [0.25, 0.3) is 5.91 Å². The van der Waals surface area contributed by atoms with Gasteiger partial charge in [0.05, 0.1) is 35.4 Å². The van der Waals surface area contributed by atoms with Crippen LogP contribution in [0.25, 0.3) is 5.69 Å². The van der Waals surface area contributed by atoms with E-state index in [0.717, 1.165) is 29.3 Å². The second-order valence-electron chi connectivity index (χ2n) is 6.51. The van der Waals surface area contributed by atoms with Crippen molar-refractivity contribution in [1.82, 2.24) is 15.1 Å². The normalized spacial score (nSPS) is 11.0. The van der Waals surface area contributed by atoms with Crippen LogP contribution >= 0.6 is 0 Å². The van der Waals surface area contributed by atoms with Gasteiger partial charge in [-0.25, -0.2) is 4.68 Å². The maximum atomic E-state index is 12.8. The fourth-order valence-electron chi connectivity index (χ4n) is 2.87. The van der Waals surface area contributed by atoms with E-state index >= 15 is 0 Å². The van der Waals surface area contributed by atoms with E-state index in [4.69, 9.17) is 9.52 Å².